The Bertz CT molecular complexity index is 450. The van der Waals surface area contributed by atoms with Gasteiger partial charge >= 0.3 is 0 Å². The van der Waals surface area contributed by atoms with E-state index in [1.54, 1.807) is 0 Å². The number of hydrogen-bond acceptors (Lipinski definition) is 3. The fourth-order valence-corrected chi connectivity index (χ4v) is 3.36. The highest BCUT2D eigenvalue weighted by Gasteiger charge is 2.33. The Balaban J connectivity index is 1.42. The number of rotatable bonds is 3. The topological polar surface area (TPSA) is 48.1 Å². The summed E-state index contributed by atoms with van der Waals surface area (Å²) in [7, 11) is 0. The minimum atomic E-state index is 0.486. The lowest BCUT2D eigenvalue weighted by Crippen LogP contribution is -2.48. The summed E-state index contributed by atoms with van der Waals surface area (Å²) in [6.07, 6.45) is 3.62. The third-order valence-electron chi connectivity index (χ3n) is 4.28. The summed E-state index contributed by atoms with van der Waals surface area (Å²) < 4.78 is 0. The van der Waals surface area contributed by atoms with Crippen molar-refractivity contribution in [2.45, 2.75) is 37.9 Å². The molecule has 4 N–H and O–H groups in total. The Kier molecular flexibility index (Phi) is 4.50. The molecule has 0 radical (unpaired) electrons. The lowest BCUT2D eigenvalue weighted by atomic mass is 9.83. The van der Waals surface area contributed by atoms with E-state index in [2.05, 4.69) is 33.6 Å². The standard InChI is InChI=1S/C15H22N4S/c20-15(16-9-11-4-2-1-3-5-11)18-13-7-6-12-10-17-19-14(12)8-13/h1-5,12-14,17,19H,6-10H2,(H2,16,18,20). The molecule has 108 valence electrons. The van der Waals surface area contributed by atoms with Crippen LogP contribution < -0.4 is 21.5 Å². The van der Waals surface area contributed by atoms with Gasteiger partial charge in [0.1, 0.15) is 0 Å². The second-order valence-corrected chi connectivity index (χ2v) is 6.12. The number of hydrazine groups is 1. The molecular formula is C15H22N4S. The number of thiocarbonyl (C=S) groups is 1. The zero-order chi connectivity index (χ0) is 13.8. The first-order chi connectivity index (χ1) is 9.81. The third-order valence-corrected chi connectivity index (χ3v) is 4.54. The lowest BCUT2D eigenvalue weighted by Gasteiger charge is -2.32. The van der Waals surface area contributed by atoms with Crippen molar-refractivity contribution in [2.24, 2.45) is 5.92 Å². The molecule has 2 aliphatic rings. The van der Waals surface area contributed by atoms with Crippen LogP contribution in [0.4, 0.5) is 0 Å². The number of fused-ring (bicyclic) bond motifs is 1. The van der Waals surface area contributed by atoms with E-state index in [0.717, 1.165) is 30.5 Å². The molecule has 3 atom stereocenters. The molecule has 1 aromatic carbocycles. The van der Waals surface area contributed by atoms with Crippen LogP contribution in [0, 0.1) is 5.92 Å². The van der Waals surface area contributed by atoms with Crippen LogP contribution in [0.2, 0.25) is 0 Å². The van der Waals surface area contributed by atoms with Crippen LogP contribution in [0.5, 0.6) is 0 Å². The van der Waals surface area contributed by atoms with E-state index in [1.165, 1.54) is 18.4 Å². The molecule has 4 nitrogen and oxygen atoms in total. The quantitative estimate of drug-likeness (QED) is 0.632. The minimum Gasteiger partial charge on any atom is -0.360 e. The molecule has 5 heteroatoms. The smallest absolute Gasteiger partial charge is 0.166 e. The first-order valence-corrected chi connectivity index (χ1v) is 7.79. The molecule has 1 aliphatic heterocycles. The van der Waals surface area contributed by atoms with Gasteiger partial charge in [-0.3, -0.25) is 10.9 Å². The molecule has 3 rings (SSSR count). The minimum absolute atomic E-state index is 0.486. The maximum atomic E-state index is 5.40. The van der Waals surface area contributed by atoms with E-state index in [9.17, 15) is 0 Å². The Hall–Kier alpha value is -1.17. The van der Waals surface area contributed by atoms with Crippen LogP contribution in [0.15, 0.2) is 30.3 Å². The predicted molar refractivity (Wildman–Crippen MR) is 85.1 cm³/mol. The van der Waals surface area contributed by atoms with Gasteiger partial charge in [0.05, 0.1) is 0 Å². The van der Waals surface area contributed by atoms with Gasteiger partial charge in [0.25, 0.3) is 0 Å². The molecule has 1 heterocycles. The summed E-state index contributed by atoms with van der Waals surface area (Å²) in [5.74, 6) is 0.791. The van der Waals surface area contributed by atoms with E-state index in [-0.39, 0.29) is 0 Å². The van der Waals surface area contributed by atoms with Gasteiger partial charge in [-0.05, 0) is 43.0 Å². The second kappa shape index (κ2) is 6.52. The van der Waals surface area contributed by atoms with Crippen molar-refractivity contribution in [3.05, 3.63) is 35.9 Å². The van der Waals surface area contributed by atoms with Gasteiger partial charge < -0.3 is 10.6 Å². The third kappa shape index (κ3) is 3.48. The molecule has 1 aromatic rings. The summed E-state index contributed by atoms with van der Waals surface area (Å²) in [6.45, 7) is 1.89. The van der Waals surface area contributed by atoms with Crippen LogP contribution in [-0.2, 0) is 6.54 Å². The van der Waals surface area contributed by atoms with Crippen molar-refractivity contribution < 1.29 is 0 Å². The number of hydrogen-bond donors (Lipinski definition) is 4. The monoisotopic (exact) mass is 290 g/mol. The van der Waals surface area contributed by atoms with E-state index < -0.39 is 0 Å². The summed E-state index contributed by atoms with van der Waals surface area (Å²) in [5.41, 5.74) is 7.88. The molecule has 0 aromatic heterocycles. The average molecular weight is 290 g/mol. The van der Waals surface area contributed by atoms with Gasteiger partial charge in [0, 0.05) is 25.2 Å². The Morgan fingerprint density at radius 2 is 2.10 bits per heavy atom. The molecule has 0 spiro atoms. The van der Waals surface area contributed by atoms with Crippen molar-refractivity contribution in [1.82, 2.24) is 21.5 Å². The zero-order valence-electron chi connectivity index (χ0n) is 11.6. The first kappa shape index (κ1) is 13.8. The fourth-order valence-electron chi connectivity index (χ4n) is 3.12. The molecule has 2 fully saturated rings. The molecule has 1 saturated carbocycles. The van der Waals surface area contributed by atoms with Gasteiger partial charge in [0.15, 0.2) is 5.11 Å². The van der Waals surface area contributed by atoms with Crippen molar-refractivity contribution in [1.29, 1.82) is 0 Å². The van der Waals surface area contributed by atoms with Crippen LogP contribution in [-0.4, -0.2) is 23.7 Å². The predicted octanol–water partition coefficient (Wildman–Crippen LogP) is 1.30. The summed E-state index contributed by atoms with van der Waals surface area (Å²) in [4.78, 5) is 0. The van der Waals surface area contributed by atoms with Gasteiger partial charge in [0.2, 0.25) is 0 Å². The van der Waals surface area contributed by atoms with Gasteiger partial charge in [-0.1, -0.05) is 30.3 Å². The number of nitrogens with one attached hydrogen (secondary N) is 4. The van der Waals surface area contributed by atoms with Gasteiger partial charge in [-0.15, -0.1) is 0 Å². The molecule has 1 aliphatic carbocycles. The first-order valence-electron chi connectivity index (χ1n) is 7.38. The maximum Gasteiger partial charge on any atom is 0.166 e. The Morgan fingerprint density at radius 3 is 2.95 bits per heavy atom. The van der Waals surface area contributed by atoms with E-state index in [4.69, 9.17) is 12.2 Å². The highest BCUT2D eigenvalue weighted by atomic mass is 32.1. The second-order valence-electron chi connectivity index (χ2n) is 5.71. The molecule has 0 amide bonds. The lowest BCUT2D eigenvalue weighted by molar-refractivity contribution is 0.289. The van der Waals surface area contributed by atoms with Crippen molar-refractivity contribution in [3.8, 4) is 0 Å². The highest BCUT2D eigenvalue weighted by molar-refractivity contribution is 7.80. The highest BCUT2D eigenvalue weighted by Crippen LogP contribution is 2.26. The molecule has 1 saturated heterocycles. The summed E-state index contributed by atoms with van der Waals surface area (Å²) in [5, 5.41) is 7.51. The summed E-state index contributed by atoms with van der Waals surface area (Å²) >= 11 is 5.40. The summed E-state index contributed by atoms with van der Waals surface area (Å²) in [6, 6.07) is 11.4. The molecule has 0 bridgehead atoms. The molecule has 20 heavy (non-hydrogen) atoms. The van der Waals surface area contributed by atoms with E-state index in [1.807, 2.05) is 18.2 Å². The maximum absolute atomic E-state index is 5.40. The van der Waals surface area contributed by atoms with Crippen LogP contribution in [0.25, 0.3) is 0 Å². The Labute approximate surface area is 125 Å². The molecular weight excluding hydrogens is 268 g/mol. The van der Waals surface area contributed by atoms with E-state index >= 15 is 0 Å². The van der Waals surface area contributed by atoms with Gasteiger partial charge in [-0.25, -0.2) is 0 Å². The van der Waals surface area contributed by atoms with E-state index in [0.29, 0.717) is 12.1 Å². The fraction of sp³-hybridized carbons (Fsp3) is 0.533. The van der Waals surface area contributed by atoms with Crippen molar-refractivity contribution >= 4 is 17.3 Å². The van der Waals surface area contributed by atoms with Crippen LogP contribution >= 0.6 is 12.2 Å². The largest absolute Gasteiger partial charge is 0.360 e. The number of benzene rings is 1. The van der Waals surface area contributed by atoms with Crippen molar-refractivity contribution in [2.75, 3.05) is 6.54 Å². The zero-order valence-corrected chi connectivity index (χ0v) is 12.4. The molecule has 3 unspecified atom stereocenters. The van der Waals surface area contributed by atoms with Crippen LogP contribution in [0.3, 0.4) is 0 Å². The SMILES string of the molecule is S=C(NCc1ccccc1)NC1CCC2CNNC2C1. The Morgan fingerprint density at radius 1 is 1.25 bits per heavy atom. The van der Waals surface area contributed by atoms with Crippen LogP contribution in [0.1, 0.15) is 24.8 Å². The normalized spacial score (nSPS) is 28.7. The van der Waals surface area contributed by atoms with Gasteiger partial charge in [-0.2, -0.15) is 0 Å². The van der Waals surface area contributed by atoms with Crippen molar-refractivity contribution in [3.63, 3.8) is 0 Å². The average Bonchev–Trinajstić information content (AvgIpc) is 2.94.